The number of nitrogens with one attached hydrogen (secondary N) is 3. The molecule has 1 heterocycles. The topological polar surface area (TPSA) is 210 Å². The second-order valence-corrected chi connectivity index (χ2v) is 15.8. The predicted molar refractivity (Wildman–Crippen MR) is 216 cm³/mol. The molecule has 13 heteroatoms. The summed E-state index contributed by atoms with van der Waals surface area (Å²) in [6.45, 7) is 4.85. The third-order valence-corrected chi connectivity index (χ3v) is 10.7. The van der Waals surface area contributed by atoms with Gasteiger partial charge in [-0.1, -0.05) is 149 Å². The van der Waals surface area contributed by atoms with Gasteiger partial charge in [0.05, 0.1) is 25.4 Å². The number of aliphatic hydroxyl groups is 6. The number of amides is 3. The van der Waals surface area contributed by atoms with Crippen LogP contribution in [-0.2, 0) is 14.3 Å². The highest BCUT2D eigenvalue weighted by molar-refractivity contribution is 5.76. The van der Waals surface area contributed by atoms with Gasteiger partial charge in [0.25, 0.3) is 0 Å². The molecule has 0 spiro atoms. The van der Waals surface area contributed by atoms with Gasteiger partial charge in [0.2, 0.25) is 5.91 Å². The summed E-state index contributed by atoms with van der Waals surface area (Å²) in [6.07, 6.45) is 17.4. The molecule has 1 rings (SSSR count). The van der Waals surface area contributed by atoms with Gasteiger partial charge in [-0.05, 0) is 25.7 Å². The maximum atomic E-state index is 13.0. The van der Waals surface area contributed by atoms with Crippen LogP contribution >= 0.6 is 0 Å². The molecule has 0 aromatic rings. The summed E-state index contributed by atoms with van der Waals surface area (Å²) < 4.78 is 11.1. The van der Waals surface area contributed by atoms with Gasteiger partial charge in [0.1, 0.15) is 30.5 Å². The summed E-state index contributed by atoms with van der Waals surface area (Å²) in [5.41, 5.74) is 0. The van der Waals surface area contributed by atoms with E-state index in [9.17, 15) is 40.2 Å². The molecule has 1 saturated heterocycles. The van der Waals surface area contributed by atoms with Crippen molar-refractivity contribution in [2.45, 2.75) is 230 Å². The van der Waals surface area contributed by atoms with E-state index in [2.05, 4.69) is 29.8 Å². The first-order valence-electron chi connectivity index (χ1n) is 22.2. The Bertz CT molecular complexity index is 917. The molecule has 0 aromatic heterocycles. The summed E-state index contributed by atoms with van der Waals surface area (Å²) in [6, 6.07) is -1.09. The fraction of sp³-hybridized carbons (Fsp3) is 0.952. The number of carbonyl (C=O) groups is 2. The second kappa shape index (κ2) is 34.5. The lowest BCUT2D eigenvalue weighted by atomic mass is 9.98. The van der Waals surface area contributed by atoms with Gasteiger partial charge in [-0.25, -0.2) is 4.79 Å². The van der Waals surface area contributed by atoms with Crippen molar-refractivity contribution in [1.82, 2.24) is 16.0 Å². The van der Waals surface area contributed by atoms with E-state index in [1.807, 2.05) is 0 Å². The van der Waals surface area contributed by atoms with Crippen LogP contribution in [0.2, 0.25) is 0 Å². The third kappa shape index (κ3) is 25.4. The van der Waals surface area contributed by atoms with Crippen molar-refractivity contribution in [2.24, 2.45) is 0 Å². The van der Waals surface area contributed by atoms with Crippen molar-refractivity contribution in [3.63, 3.8) is 0 Å². The zero-order valence-corrected chi connectivity index (χ0v) is 34.6. The zero-order chi connectivity index (χ0) is 40.5. The van der Waals surface area contributed by atoms with Crippen molar-refractivity contribution < 1.29 is 49.7 Å². The molecule has 1 fully saturated rings. The minimum Gasteiger partial charge on any atom is -0.394 e. The van der Waals surface area contributed by atoms with Crippen molar-refractivity contribution in [3.8, 4) is 0 Å². The Morgan fingerprint density at radius 1 is 0.618 bits per heavy atom. The first kappa shape index (κ1) is 51.4. The Balaban J connectivity index is 2.39. The number of urea groups is 1. The molecule has 55 heavy (non-hydrogen) atoms. The molecule has 13 nitrogen and oxygen atoms in total. The number of rotatable bonds is 36. The normalized spacial score (nSPS) is 21.6. The predicted octanol–water partition coefficient (Wildman–Crippen LogP) is 5.49. The van der Waals surface area contributed by atoms with Crippen LogP contribution in [-0.4, -0.2) is 118 Å². The van der Waals surface area contributed by atoms with Gasteiger partial charge in [0, 0.05) is 19.5 Å². The lowest BCUT2D eigenvalue weighted by molar-refractivity contribution is -0.303. The van der Waals surface area contributed by atoms with E-state index in [1.54, 1.807) is 0 Å². The molecule has 1 aliphatic rings. The van der Waals surface area contributed by atoms with Crippen molar-refractivity contribution >= 4 is 11.9 Å². The van der Waals surface area contributed by atoms with Crippen LogP contribution in [0.25, 0.3) is 0 Å². The van der Waals surface area contributed by atoms with E-state index in [0.717, 1.165) is 103 Å². The highest BCUT2D eigenvalue weighted by Crippen LogP contribution is 2.23. The fourth-order valence-electron chi connectivity index (χ4n) is 7.03. The van der Waals surface area contributed by atoms with Crippen molar-refractivity contribution in [2.75, 3.05) is 26.3 Å². The van der Waals surface area contributed by atoms with E-state index < -0.39 is 55.6 Å². The molecule has 0 aromatic carbocycles. The average Bonchev–Trinajstić information content (AvgIpc) is 3.18. The van der Waals surface area contributed by atoms with Crippen LogP contribution in [0.1, 0.15) is 181 Å². The van der Waals surface area contributed by atoms with Crippen LogP contribution in [0, 0.1) is 0 Å². The molecule has 0 aliphatic carbocycles. The Hall–Kier alpha value is -1.58. The largest absolute Gasteiger partial charge is 0.394 e. The third-order valence-electron chi connectivity index (χ3n) is 10.7. The van der Waals surface area contributed by atoms with Gasteiger partial charge in [-0.2, -0.15) is 0 Å². The summed E-state index contributed by atoms with van der Waals surface area (Å²) in [4.78, 5) is 24.7. The Labute approximate surface area is 333 Å². The number of unbranched alkanes of at least 4 members (excludes halogenated alkanes) is 21. The van der Waals surface area contributed by atoms with Crippen LogP contribution in [0.4, 0.5) is 4.79 Å². The first-order valence-corrected chi connectivity index (χ1v) is 22.2. The standard InChI is InChI=1S/C42H83N3O10/c1-3-5-7-8-9-10-11-12-14-17-20-23-27-34(47)37(49)33(32-54-41-40(52)39(51)38(50)35(31-46)55-41)45-36(48)28-24-21-18-15-13-16-19-22-26-30-44-42(53)43-29-25-6-4-2/h33-35,37-41,46-47,49-52H,3-32H2,1-2H3,(H,45,48)(H2,43,44,53)/t33?,34?,35-,37?,38+,39+,40-,41+/m1/s1. The molecular weight excluding hydrogens is 706 g/mol. The molecule has 326 valence electrons. The maximum absolute atomic E-state index is 13.0. The molecule has 1 aliphatic heterocycles. The van der Waals surface area contributed by atoms with Gasteiger partial charge in [0.15, 0.2) is 6.29 Å². The number of hydrogen-bond acceptors (Lipinski definition) is 10. The lowest BCUT2D eigenvalue weighted by Gasteiger charge is -2.40. The monoisotopic (exact) mass is 790 g/mol. The fourth-order valence-corrected chi connectivity index (χ4v) is 7.03. The highest BCUT2D eigenvalue weighted by atomic mass is 16.7. The molecular formula is C42H83N3O10. The van der Waals surface area contributed by atoms with Gasteiger partial charge in [-0.15, -0.1) is 0 Å². The summed E-state index contributed by atoms with van der Waals surface area (Å²) in [5.74, 6) is -0.290. The molecule has 0 saturated carbocycles. The van der Waals surface area contributed by atoms with Crippen molar-refractivity contribution in [1.29, 1.82) is 0 Å². The van der Waals surface area contributed by atoms with Crippen LogP contribution in [0.5, 0.6) is 0 Å². The smallest absolute Gasteiger partial charge is 0.314 e. The van der Waals surface area contributed by atoms with Crippen LogP contribution < -0.4 is 16.0 Å². The molecule has 0 radical (unpaired) electrons. The van der Waals surface area contributed by atoms with Gasteiger partial charge >= 0.3 is 6.03 Å². The molecule has 0 bridgehead atoms. The molecule has 8 atom stereocenters. The number of aliphatic hydroxyl groups excluding tert-OH is 6. The average molecular weight is 790 g/mol. The maximum Gasteiger partial charge on any atom is 0.314 e. The summed E-state index contributed by atoms with van der Waals surface area (Å²) in [7, 11) is 0. The minimum atomic E-state index is -1.62. The molecule has 3 amide bonds. The van der Waals surface area contributed by atoms with Crippen LogP contribution in [0.3, 0.4) is 0 Å². The highest BCUT2D eigenvalue weighted by Gasteiger charge is 2.44. The van der Waals surface area contributed by atoms with Gasteiger partial charge in [-0.3, -0.25) is 4.79 Å². The van der Waals surface area contributed by atoms with Crippen LogP contribution in [0.15, 0.2) is 0 Å². The van der Waals surface area contributed by atoms with E-state index in [0.29, 0.717) is 19.4 Å². The van der Waals surface area contributed by atoms with E-state index in [1.165, 1.54) is 51.4 Å². The lowest BCUT2D eigenvalue weighted by Crippen LogP contribution is -2.60. The zero-order valence-electron chi connectivity index (χ0n) is 34.6. The molecule has 3 unspecified atom stereocenters. The SMILES string of the molecule is CCCCCCCCCCCCCCC(O)C(O)C(CO[C@H]1O[C@H](CO)[C@H](O)[C@H](O)[C@H]1O)NC(=O)CCCCCCCCCCCNC(=O)NCCCCC. The number of ether oxygens (including phenoxy) is 2. The number of hydrogen-bond donors (Lipinski definition) is 9. The van der Waals surface area contributed by atoms with E-state index >= 15 is 0 Å². The Morgan fingerprint density at radius 2 is 1.07 bits per heavy atom. The Morgan fingerprint density at radius 3 is 1.60 bits per heavy atom. The summed E-state index contributed by atoms with van der Waals surface area (Å²) >= 11 is 0. The number of carbonyl (C=O) groups excluding carboxylic acids is 2. The Kier molecular flexibility index (Phi) is 32.2. The van der Waals surface area contributed by atoms with E-state index in [-0.39, 0.29) is 25.0 Å². The second-order valence-electron chi connectivity index (χ2n) is 15.8. The van der Waals surface area contributed by atoms with Crippen molar-refractivity contribution in [3.05, 3.63) is 0 Å². The minimum absolute atomic E-state index is 0.0829. The quantitative estimate of drug-likeness (QED) is 0.0365. The van der Waals surface area contributed by atoms with E-state index in [4.69, 9.17) is 9.47 Å². The van der Waals surface area contributed by atoms with Gasteiger partial charge < -0.3 is 56.1 Å². The summed E-state index contributed by atoms with van der Waals surface area (Å²) in [5, 5.41) is 70.8. The first-order chi connectivity index (χ1) is 26.7. The molecule has 9 N–H and O–H groups in total.